The fourth-order valence-corrected chi connectivity index (χ4v) is 1.97. The van der Waals surface area contributed by atoms with Gasteiger partial charge < -0.3 is 10.6 Å². The number of nitro groups is 1. The molecule has 5 nitrogen and oxygen atoms in total. The predicted molar refractivity (Wildman–Crippen MR) is 87.2 cm³/mol. The Morgan fingerprint density at radius 3 is 2.24 bits per heavy atom. The number of halogens is 2. The van der Waals surface area contributed by atoms with Crippen LogP contribution in [0.1, 0.15) is 27.7 Å². The summed E-state index contributed by atoms with van der Waals surface area (Å²) in [6.45, 7) is 8.10. The maximum absolute atomic E-state index is 10.8. The average Bonchev–Trinajstić information content (AvgIpc) is 2.24. The second-order valence-corrected chi connectivity index (χ2v) is 6.72. The Morgan fingerprint density at radius 1 is 1.29 bits per heavy atom. The van der Waals surface area contributed by atoms with Crippen LogP contribution in [0.3, 0.4) is 0 Å². The molecule has 0 fully saturated rings. The van der Waals surface area contributed by atoms with Crippen LogP contribution in [0.5, 0.6) is 0 Å². The van der Waals surface area contributed by atoms with Gasteiger partial charge in [-0.25, -0.2) is 0 Å². The number of nitrogens with zero attached hydrogens (tertiary/aromatic N) is 1. The molecule has 0 aliphatic rings. The minimum absolute atomic E-state index is 0.0193. The minimum Gasteiger partial charge on any atom is -0.363 e. The Balaban J connectivity index is 2.97. The second-order valence-electron chi connectivity index (χ2n) is 5.84. The molecule has 0 amide bonds. The van der Waals surface area contributed by atoms with Crippen LogP contribution in [-0.4, -0.2) is 11.0 Å². The third-order valence-electron chi connectivity index (χ3n) is 3.05. The van der Waals surface area contributed by atoms with E-state index in [1.807, 2.05) is 27.7 Å². The summed E-state index contributed by atoms with van der Waals surface area (Å²) in [6.07, 6.45) is 0.886. The van der Waals surface area contributed by atoms with Crippen molar-refractivity contribution in [3.8, 4) is 0 Å². The summed E-state index contributed by atoms with van der Waals surface area (Å²) in [5.41, 5.74) is 0.526. The van der Waals surface area contributed by atoms with Crippen molar-refractivity contribution in [1.29, 1.82) is 0 Å². The van der Waals surface area contributed by atoms with Gasteiger partial charge in [0.1, 0.15) is 0 Å². The standard InChI is InChI=1S/C14H19Cl2N3O2/c1-9(14(2,3)4)17-13(8-19(20)21)18-12-6-10(15)5-11(16)7-12/h5-9,17-18H,1-4H3. The molecule has 7 heteroatoms. The van der Waals surface area contributed by atoms with Gasteiger partial charge in [-0.2, -0.15) is 0 Å². The smallest absolute Gasteiger partial charge is 0.274 e. The molecule has 2 N–H and O–H groups in total. The second kappa shape index (κ2) is 7.00. The lowest BCUT2D eigenvalue weighted by Gasteiger charge is -2.29. The highest BCUT2D eigenvalue weighted by Gasteiger charge is 2.21. The quantitative estimate of drug-likeness (QED) is 0.615. The van der Waals surface area contributed by atoms with Gasteiger partial charge in [0.25, 0.3) is 6.20 Å². The van der Waals surface area contributed by atoms with Gasteiger partial charge in [-0.05, 0) is 30.5 Å². The van der Waals surface area contributed by atoms with Gasteiger partial charge >= 0.3 is 0 Å². The molecule has 1 aromatic carbocycles. The van der Waals surface area contributed by atoms with Crippen LogP contribution in [0, 0.1) is 15.5 Å². The molecule has 0 saturated heterocycles. The van der Waals surface area contributed by atoms with Crippen LogP contribution < -0.4 is 10.6 Å². The van der Waals surface area contributed by atoms with Crippen LogP contribution in [-0.2, 0) is 0 Å². The lowest BCUT2D eigenvalue weighted by Crippen LogP contribution is -2.39. The first-order chi connectivity index (χ1) is 9.57. The van der Waals surface area contributed by atoms with E-state index in [-0.39, 0.29) is 17.3 Å². The maximum atomic E-state index is 10.8. The predicted octanol–water partition coefficient (Wildman–Crippen LogP) is 4.51. The summed E-state index contributed by atoms with van der Waals surface area (Å²) in [7, 11) is 0. The summed E-state index contributed by atoms with van der Waals surface area (Å²) in [5.74, 6) is 0.278. The van der Waals surface area contributed by atoms with Crippen molar-refractivity contribution in [3.05, 3.63) is 50.4 Å². The molecule has 0 spiro atoms. The molecule has 116 valence electrons. The molecule has 1 atom stereocenters. The summed E-state index contributed by atoms with van der Waals surface area (Å²) in [5, 5.41) is 17.7. The van der Waals surface area contributed by atoms with Crippen molar-refractivity contribution in [2.24, 2.45) is 5.41 Å². The zero-order valence-corrected chi connectivity index (χ0v) is 13.9. The van der Waals surface area contributed by atoms with E-state index in [0.717, 1.165) is 6.20 Å². The summed E-state index contributed by atoms with van der Waals surface area (Å²) < 4.78 is 0. The number of anilines is 1. The van der Waals surface area contributed by atoms with Crippen LogP contribution in [0.25, 0.3) is 0 Å². The SMILES string of the molecule is CC(NC(=C[N+](=O)[O-])Nc1cc(Cl)cc(Cl)c1)C(C)(C)C. The zero-order chi connectivity index (χ0) is 16.2. The number of rotatable bonds is 5. The van der Waals surface area contributed by atoms with Gasteiger partial charge in [-0.1, -0.05) is 44.0 Å². The summed E-state index contributed by atoms with van der Waals surface area (Å²) >= 11 is 11.8. The van der Waals surface area contributed by atoms with E-state index in [2.05, 4.69) is 10.6 Å². The van der Waals surface area contributed by atoms with Gasteiger partial charge in [0, 0.05) is 21.8 Å². The lowest BCUT2D eigenvalue weighted by atomic mass is 9.88. The molecular formula is C14H19Cl2N3O2. The molecule has 0 heterocycles. The van der Waals surface area contributed by atoms with E-state index in [0.29, 0.717) is 15.7 Å². The van der Waals surface area contributed by atoms with E-state index in [1.54, 1.807) is 18.2 Å². The molecule has 0 saturated carbocycles. The van der Waals surface area contributed by atoms with E-state index < -0.39 is 4.92 Å². The third-order valence-corrected chi connectivity index (χ3v) is 3.48. The number of benzene rings is 1. The van der Waals surface area contributed by atoms with Crippen molar-refractivity contribution in [2.75, 3.05) is 5.32 Å². The highest BCUT2D eigenvalue weighted by atomic mass is 35.5. The minimum atomic E-state index is -0.517. The Hall–Kier alpha value is -1.46. The number of hydrogen-bond acceptors (Lipinski definition) is 4. The molecule has 1 rings (SSSR count). The molecule has 1 aromatic rings. The Kier molecular flexibility index (Phi) is 5.87. The zero-order valence-electron chi connectivity index (χ0n) is 12.4. The van der Waals surface area contributed by atoms with Crippen LogP contribution in [0.15, 0.2) is 30.2 Å². The monoisotopic (exact) mass is 331 g/mol. The summed E-state index contributed by atoms with van der Waals surface area (Å²) in [6, 6.07) is 4.90. The number of hydrogen-bond donors (Lipinski definition) is 2. The first-order valence-corrected chi connectivity index (χ1v) is 7.18. The molecule has 0 aliphatic heterocycles. The molecule has 21 heavy (non-hydrogen) atoms. The van der Waals surface area contributed by atoms with Crippen LogP contribution in [0.4, 0.5) is 5.69 Å². The molecule has 1 unspecified atom stereocenters. The largest absolute Gasteiger partial charge is 0.363 e. The van der Waals surface area contributed by atoms with Gasteiger partial charge in [-0.3, -0.25) is 10.1 Å². The molecule has 0 aliphatic carbocycles. The average molecular weight is 332 g/mol. The third kappa shape index (κ3) is 6.23. The van der Waals surface area contributed by atoms with Crippen molar-refractivity contribution in [2.45, 2.75) is 33.7 Å². The fourth-order valence-electron chi connectivity index (χ4n) is 1.44. The Morgan fingerprint density at radius 2 is 1.81 bits per heavy atom. The Bertz CT molecular complexity index is 533. The molecular weight excluding hydrogens is 313 g/mol. The summed E-state index contributed by atoms with van der Waals surface area (Å²) in [4.78, 5) is 10.2. The molecule has 0 bridgehead atoms. The van der Waals surface area contributed by atoms with Gasteiger partial charge in [0.15, 0.2) is 5.82 Å². The van der Waals surface area contributed by atoms with Gasteiger partial charge in [-0.15, -0.1) is 0 Å². The van der Waals surface area contributed by atoms with Crippen LogP contribution >= 0.6 is 23.2 Å². The van der Waals surface area contributed by atoms with E-state index >= 15 is 0 Å². The molecule has 0 aromatic heterocycles. The van der Waals surface area contributed by atoms with Crippen molar-refractivity contribution >= 4 is 28.9 Å². The lowest BCUT2D eigenvalue weighted by molar-refractivity contribution is -0.403. The van der Waals surface area contributed by atoms with Crippen molar-refractivity contribution < 1.29 is 4.92 Å². The Labute approximate surface area is 134 Å². The normalized spacial score (nSPS) is 13.7. The first kappa shape index (κ1) is 17.6. The highest BCUT2D eigenvalue weighted by Crippen LogP contribution is 2.24. The van der Waals surface area contributed by atoms with E-state index in [9.17, 15) is 10.1 Å². The van der Waals surface area contributed by atoms with Gasteiger partial charge in [0.05, 0.1) is 4.92 Å². The van der Waals surface area contributed by atoms with E-state index in [1.165, 1.54) is 0 Å². The highest BCUT2D eigenvalue weighted by molar-refractivity contribution is 6.35. The first-order valence-electron chi connectivity index (χ1n) is 6.43. The number of nitrogens with one attached hydrogen (secondary N) is 2. The maximum Gasteiger partial charge on any atom is 0.274 e. The van der Waals surface area contributed by atoms with Crippen molar-refractivity contribution in [3.63, 3.8) is 0 Å². The van der Waals surface area contributed by atoms with Crippen LogP contribution in [0.2, 0.25) is 10.0 Å². The van der Waals surface area contributed by atoms with Crippen molar-refractivity contribution in [1.82, 2.24) is 5.32 Å². The molecule has 0 radical (unpaired) electrons. The topological polar surface area (TPSA) is 67.2 Å². The van der Waals surface area contributed by atoms with Gasteiger partial charge in [0.2, 0.25) is 0 Å². The van der Waals surface area contributed by atoms with E-state index in [4.69, 9.17) is 23.2 Å². The fraction of sp³-hybridized carbons (Fsp3) is 0.429.